The molecule has 0 saturated carbocycles. The molecule has 4 aromatic rings. The smallest absolute Gasteiger partial charge is 0.169 e. The second kappa shape index (κ2) is 11.0. The number of rotatable bonds is 11. The van der Waals surface area contributed by atoms with Gasteiger partial charge in [-0.2, -0.15) is 0 Å². The molecule has 3 aromatic carbocycles. The average molecular weight is 449 g/mol. The maximum Gasteiger partial charge on any atom is 0.169 e. The van der Waals surface area contributed by atoms with E-state index in [9.17, 15) is 0 Å². The summed E-state index contributed by atoms with van der Waals surface area (Å²) < 4.78 is 19.6. The van der Waals surface area contributed by atoms with E-state index >= 15 is 0 Å². The zero-order valence-corrected chi connectivity index (χ0v) is 19.3. The lowest BCUT2D eigenvalue weighted by Crippen LogP contribution is -2.10. The monoisotopic (exact) mass is 448 g/mol. The van der Waals surface area contributed by atoms with Gasteiger partial charge in [-0.25, -0.2) is 4.98 Å². The fourth-order valence-corrected chi connectivity index (χ4v) is 4.24. The number of hydrogen-bond acceptors (Lipinski definition) is 5. The molecule has 0 aliphatic heterocycles. The molecule has 0 saturated heterocycles. The van der Waals surface area contributed by atoms with Crippen LogP contribution in [0, 0.1) is 6.92 Å². The third-order valence-electron chi connectivity index (χ3n) is 4.92. The van der Waals surface area contributed by atoms with Crippen molar-refractivity contribution in [1.82, 2.24) is 9.55 Å². The van der Waals surface area contributed by atoms with E-state index in [2.05, 4.69) is 29.7 Å². The predicted molar refractivity (Wildman–Crippen MR) is 130 cm³/mol. The SMILES string of the molecule is CCOc1cccc(OCCSc2nc3ccccc3n2CCOc2ccc(C)cc2)c1. The maximum atomic E-state index is 5.96. The van der Waals surface area contributed by atoms with E-state index in [1.165, 1.54) is 5.56 Å². The highest BCUT2D eigenvalue weighted by Gasteiger charge is 2.11. The van der Waals surface area contributed by atoms with Gasteiger partial charge in [0.25, 0.3) is 0 Å². The third kappa shape index (κ3) is 5.77. The standard InChI is InChI=1S/C26H28N2O3S/c1-3-29-22-7-6-8-23(19-22)31-17-18-32-26-27-24-9-4-5-10-25(24)28(26)15-16-30-21-13-11-20(2)12-14-21/h4-14,19H,3,15-18H2,1-2H3. The fraction of sp³-hybridized carbons (Fsp3) is 0.269. The Kier molecular flexibility index (Phi) is 7.56. The molecule has 1 aromatic heterocycles. The number of fused-ring (bicyclic) bond motifs is 1. The van der Waals surface area contributed by atoms with Crippen molar-refractivity contribution in [2.45, 2.75) is 25.5 Å². The molecular weight excluding hydrogens is 420 g/mol. The number of imidazole rings is 1. The van der Waals surface area contributed by atoms with Gasteiger partial charge in [0.05, 0.1) is 30.8 Å². The molecule has 0 N–H and O–H groups in total. The number of aryl methyl sites for hydroxylation is 1. The number of nitrogens with zero attached hydrogens (tertiary/aromatic N) is 2. The van der Waals surface area contributed by atoms with Gasteiger partial charge in [-0.15, -0.1) is 0 Å². The molecule has 0 amide bonds. The number of benzene rings is 3. The Labute approximate surface area is 193 Å². The first-order chi connectivity index (χ1) is 15.7. The van der Waals surface area contributed by atoms with E-state index in [0.717, 1.165) is 45.7 Å². The molecule has 0 radical (unpaired) electrons. The molecule has 0 aliphatic carbocycles. The fourth-order valence-electron chi connectivity index (χ4n) is 3.38. The van der Waals surface area contributed by atoms with Gasteiger partial charge < -0.3 is 18.8 Å². The molecule has 1 heterocycles. The van der Waals surface area contributed by atoms with E-state index in [1.54, 1.807) is 11.8 Å². The number of ether oxygens (including phenoxy) is 3. The van der Waals surface area contributed by atoms with Gasteiger partial charge in [0.15, 0.2) is 5.16 Å². The number of hydrogen-bond donors (Lipinski definition) is 0. The van der Waals surface area contributed by atoms with Crippen LogP contribution < -0.4 is 14.2 Å². The lowest BCUT2D eigenvalue weighted by atomic mass is 10.2. The molecule has 32 heavy (non-hydrogen) atoms. The van der Waals surface area contributed by atoms with Crippen LogP contribution in [0.4, 0.5) is 0 Å². The quantitative estimate of drug-likeness (QED) is 0.208. The molecule has 166 valence electrons. The summed E-state index contributed by atoms with van der Waals surface area (Å²) in [6.07, 6.45) is 0. The van der Waals surface area contributed by atoms with Crippen molar-refractivity contribution < 1.29 is 14.2 Å². The minimum atomic E-state index is 0.581. The van der Waals surface area contributed by atoms with Crippen LogP contribution in [0.3, 0.4) is 0 Å². The minimum absolute atomic E-state index is 0.581. The zero-order chi connectivity index (χ0) is 22.2. The molecule has 5 nitrogen and oxygen atoms in total. The Morgan fingerprint density at radius 1 is 0.812 bits per heavy atom. The topological polar surface area (TPSA) is 45.5 Å². The molecule has 0 unspecified atom stereocenters. The molecule has 4 rings (SSSR count). The summed E-state index contributed by atoms with van der Waals surface area (Å²) in [6, 6.07) is 24.1. The Hall–Kier alpha value is -3.12. The Bertz CT molecular complexity index is 1140. The van der Waals surface area contributed by atoms with Gasteiger partial charge in [0, 0.05) is 11.8 Å². The van der Waals surface area contributed by atoms with Crippen molar-refractivity contribution in [2.75, 3.05) is 25.6 Å². The minimum Gasteiger partial charge on any atom is -0.494 e. The second-order valence-corrected chi connectivity index (χ2v) is 8.36. The highest BCUT2D eigenvalue weighted by atomic mass is 32.2. The lowest BCUT2D eigenvalue weighted by molar-refractivity contribution is 0.295. The highest BCUT2D eigenvalue weighted by Crippen LogP contribution is 2.25. The Balaban J connectivity index is 1.36. The number of thioether (sulfide) groups is 1. The van der Waals surface area contributed by atoms with Gasteiger partial charge in [-0.3, -0.25) is 0 Å². The van der Waals surface area contributed by atoms with Crippen molar-refractivity contribution in [1.29, 1.82) is 0 Å². The van der Waals surface area contributed by atoms with Gasteiger partial charge >= 0.3 is 0 Å². The summed E-state index contributed by atoms with van der Waals surface area (Å²) in [5.74, 6) is 3.32. The van der Waals surface area contributed by atoms with Crippen LogP contribution in [0.2, 0.25) is 0 Å². The molecule has 0 aliphatic rings. The normalized spacial score (nSPS) is 10.9. The van der Waals surface area contributed by atoms with E-state index in [0.29, 0.717) is 19.8 Å². The first-order valence-corrected chi connectivity index (χ1v) is 11.8. The second-order valence-electron chi connectivity index (χ2n) is 7.30. The van der Waals surface area contributed by atoms with E-state index in [-0.39, 0.29) is 0 Å². The number of para-hydroxylation sites is 2. The Morgan fingerprint density at radius 2 is 1.56 bits per heavy atom. The van der Waals surface area contributed by atoms with Crippen molar-refractivity contribution in [2.24, 2.45) is 0 Å². The molecule has 0 fully saturated rings. The van der Waals surface area contributed by atoms with Gasteiger partial charge in [-0.05, 0) is 50.2 Å². The van der Waals surface area contributed by atoms with Crippen molar-refractivity contribution in [3.63, 3.8) is 0 Å². The Morgan fingerprint density at radius 3 is 2.38 bits per heavy atom. The average Bonchev–Trinajstić information content (AvgIpc) is 3.16. The summed E-state index contributed by atoms with van der Waals surface area (Å²) in [5, 5.41) is 0.977. The van der Waals surface area contributed by atoms with Gasteiger partial charge in [-0.1, -0.05) is 47.7 Å². The van der Waals surface area contributed by atoms with Crippen LogP contribution in [0.25, 0.3) is 11.0 Å². The number of aromatic nitrogens is 2. The molecule has 0 bridgehead atoms. The van der Waals surface area contributed by atoms with Crippen LogP contribution in [0.5, 0.6) is 17.2 Å². The van der Waals surface area contributed by atoms with E-state index in [1.807, 2.05) is 61.5 Å². The van der Waals surface area contributed by atoms with Crippen LogP contribution >= 0.6 is 11.8 Å². The lowest BCUT2D eigenvalue weighted by Gasteiger charge is -2.11. The third-order valence-corrected chi connectivity index (χ3v) is 5.86. The summed E-state index contributed by atoms with van der Waals surface area (Å²) >= 11 is 1.69. The van der Waals surface area contributed by atoms with Crippen LogP contribution in [0.15, 0.2) is 78.0 Å². The highest BCUT2D eigenvalue weighted by molar-refractivity contribution is 7.99. The summed E-state index contributed by atoms with van der Waals surface area (Å²) in [6.45, 7) is 6.59. The van der Waals surface area contributed by atoms with Gasteiger partial charge in [0.2, 0.25) is 0 Å². The summed E-state index contributed by atoms with van der Waals surface area (Å²) in [4.78, 5) is 4.83. The molecule has 0 spiro atoms. The molecule has 6 heteroatoms. The van der Waals surface area contributed by atoms with Gasteiger partial charge in [0.1, 0.15) is 23.9 Å². The van der Waals surface area contributed by atoms with Crippen molar-refractivity contribution >= 4 is 22.8 Å². The van der Waals surface area contributed by atoms with Crippen LogP contribution in [-0.2, 0) is 6.54 Å². The summed E-state index contributed by atoms with van der Waals surface area (Å²) in [5.41, 5.74) is 3.34. The maximum absolute atomic E-state index is 5.96. The van der Waals surface area contributed by atoms with Crippen molar-refractivity contribution in [3.05, 3.63) is 78.4 Å². The van der Waals surface area contributed by atoms with Crippen molar-refractivity contribution in [3.8, 4) is 17.2 Å². The largest absolute Gasteiger partial charge is 0.494 e. The van der Waals surface area contributed by atoms with E-state index in [4.69, 9.17) is 19.2 Å². The first-order valence-electron chi connectivity index (χ1n) is 10.9. The summed E-state index contributed by atoms with van der Waals surface area (Å²) in [7, 11) is 0. The van der Waals surface area contributed by atoms with E-state index < -0.39 is 0 Å². The zero-order valence-electron chi connectivity index (χ0n) is 18.5. The molecular formula is C26H28N2O3S. The first kappa shape index (κ1) is 22.1. The van der Waals surface area contributed by atoms with Crippen LogP contribution in [0.1, 0.15) is 12.5 Å². The van der Waals surface area contributed by atoms with Crippen LogP contribution in [-0.4, -0.2) is 35.1 Å². The molecule has 0 atom stereocenters. The predicted octanol–water partition coefficient (Wildman–Crippen LogP) is 5.99.